The number of allylic oxidation sites excluding steroid dienone is 2. The summed E-state index contributed by atoms with van der Waals surface area (Å²) in [5.41, 5.74) is 2.76. The lowest BCUT2D eigenvalue weighted by molar-refractivity contribution is 0.266. The summed E-state index contributed by atoms with van der Waals surface area (Å²) in [6, 6.07) is 0. The summed E-state index contributed by atoms with van der Waals surface area (Å²) < 4.78 is 0. The summed E-state index contributed by atoms with van der Waals surface area (Å²) >= 11 is 0. The normalized spacial score (nSPS) is 39.5. The van der Waals surface area contributed by atoms with Crippen LogP contribution in [-0.2, 0) is 0 Å². The highest BCUT2D eigenvalue weighted by molar-refractivity contribution is 6.02. The van der Waals surface area contributed by atoms with Crippen LogP contribution >= 0.6 is 0 Å². The second-order valence-corrected chi connectivity index (χ2v) is 4.54. The molecule has 1 unspecified atom stereocenters. The lowest BCUT2D eigenvalue weighted by Gasteiger charge is -2.33. The van der Waals surface area contributed by atoms with Crippen LogP contribution in [0.1, 0.15) is 33.6 Å². The van der Waals surface area contributed by atoms with E-state index in [0.29, 0.717) is 0 Å². The molecule has 2 aliphatic carbocycles. The van der Waals surface area contributed by atoms with Crippen molar-refractivity contribution < 1.29 is 0 Å². The highest BCUT2D eigenvalue weighted by Crippen LogP contribution is 2.60. The van der Waals surface area contributed by atoms with Crippen LogP contribution in [0.25, 0.3) is 0 Å². The minimum absolute atomic E-state index is 0.155. The van der Waals surface area contributed by atoms with E-state index >= 15 is 0 Å². The maximum Gasteiger partial charge on any atom is 0.0381 e. The first-order valence-electron chi connectivity index (χ1n) is 4.28. The Hall–Kier alpha value is -0.590. The van der Waals surface area contributed by atoms with Crippen molar-refractivity contribution in [3.8, 4) is 0 Å². The molecule has 2 bridgehead atoms. The lowest BCUT2D eigenvalue weighted by Crippen LogP contribution is -2.32. The van der Waals surface area contributed by atoms with Crippen molar-refractivity contribution in [2.75, 3.05) is 0 Å². The first kappa shape index (κ1) is 7.08. The molecule has 0 aliphatic heterocycles. The standard InChI is InChI=1S/C10H15N/c1-9(2)7-4-5-10(9,3)8(11)6-7/h6,11H,4-5H2,1-3H3. The second kappa shape index (κ2) is 1.60. The molecule has 0 spiro atoms. The Balaban J connectivity index is 2.59. The van der Waals surface area contributed by atoms with Crippen molar-refractivity contribution in [1.29, 1.82) is 5.41 Å². The van der Waals surface area contributed by atoms with E-state index < -0.39 is 0 Å². The van der Waals surface area contributed by atoms with Crippen LogP contribution in [0.2, 0.25) is 0 Å². The monoisotopic (exact) mass is 149 g/mol. The minimum Gasteiger partial charge on any atom is -0.305 e. The molecular weight excluding hydrogens is 134 g/mol. The third-order valence-electron chi connectivity index (χ3n) is 3.99. The summed E-state index contributed by atoms with van der Waals surface area (Å²) in [7, 11) is 0. The largest absolute Gasteiger partial charge is 0.305 e. The molecule has 1 saturated carbocycles. The van der Waals surface area contributed by atoms with Crippen LogP contribution in [0.4, 0.5) is 0 Å². The fraction of sp³-hybridized carbons (Fsp3) is 0.700. The molecule has 1 N–H and O–H groups in total. The molecule has 2 rings (SSSR count). The van der Waals surface area contributed by atoms with Gasteiger partial charge in [0.1, 0.15) is 0 Å². The van der Waals surface area contributed by atoms with Crippen LogP contribution in [0.3, 0.4) is 0 Å². The molecule has 1 heteroatoms. The Morgan fingerprint density at radius 2 is 2.00 bits per heavy atom. The molecule has 0 aromatic rings. The number of hydrogen-bond acceptors (Lipinski definition) is 1. The molecule has 0 amide bonds. The lowest BCUT2D eigenvalue weighted by atomic mass is 9.70. The Labute approximate surface area is 68.0 Å². The molecular formula is C10H15N. The van der Waals surface area contributed by atoms with Gasteiger partial charge in [0.15, 0.2) is 0 Å². The molecule has 2 aliphatic rings. The summed E-state index contributed by atoms with van der Waals surface area (Å²) in [4.78, 5) is 0. The molecule has 60 valence electrons. The molecule has 0 aromatic heterocycles. The Bertz CT molecular complexity index is 260. The van der Waals surface area contributed by atoms with Crippen molar-refractivity contribution in [1.82, 2.24) is 0 Å². The number of nitrogens with one attached hydrogen (secondary N) is 1. The zero-order valence-electron chi connectivity index (χ0n) is 7.49. The van der Waals surface area contributed by atoms with E-state index in [1.54, 1.807) is 0 Å². The van der Waals surface area contributed by atoms with Gasteiger partial charge in [0.05, 0.1) is 0 Å². The van der Waals surface area contributed by atoms with Crippen LogP contribution in [0.15, 0.2) is 11.6 Å². The summed E-state index contributed by atoms with van der Waals surface area (Å²) in [5, 5.41) is 7.81. The Kier molecular flexibility index (Phi) is 1.03. The minimum atomic E-state index is 0.155. The van der Waals surface area contributed by atoms with E-state index in [1.807, 2.05) is 0 Å². The van der Waals surface area contributed by atoms with E-state index in [4.69, 9.17) is 5.41 Å². The maximum atomic E-state index is 7.81. The van der Waals surface area contributed by atoms with Crippen LogP contribution in [0, 0.1) is 16.2 Å². The fourth-order valence-corrected chi connectivity index (χ4v) is 2.42. The topological polar surface area (TPSA) is 23.9 Å². The third kappa shape index (κ3) is 0.559. The smallest absolute Gasteiger partial charge is 0.0381 e. The van der Waals surface area contributed by atoms with Crippen molar-refractivity contribution in [2.24, 2.45) is 10.8 Å². The van der Waals surface area contributed by atoms with Crippen LogP contribution in [0.5, 0.6) is 0 Å². The number of rotatable bonds is 0. The average molecular weight is 149 g/mol. The first-order chi connectivity index (χ1) is 4.98. The highest BCUT2D eigenvalue weighted by atomic mass is 14.6. The van der Waals surface area contributed by atoms with Crippen LogP contribution in [-0.4, -0.2) is 5.71 Å². The van der Waals surface area contributed by atoms with Gasteiger partial charge in [-0.2, -0.15) is 0 Å². The van der Waals surface area contributed by atoms with Gasteiger partial charge in [-0.1, -0.05) is 26.3 Å². The molecule has 0 saturated heterocycles. The number of fused-ring (bicyclic) bond motifs is 2. The van der Waals surface area contributed by atoms with E-state index in [-0.39, 0.29) is 10.8 Å². The molecule has 1 fully saturated rings. The predicted octanol–water partition coefficient (Wildman–Crippen LogP) is 2.77. The van der Waals surface area contributed by atoms with Gasteiger partial charge in [-0.25, -0.2) is 0 Å². The van der Waals surface area contributed by atoms with Gasteiger partial charge in [0, 0.05) is 11.1 Å². The number of hydrogen-bond donors (Lipinski definition) is 1. The predicted molar refractivity (Wildman–Crippen MR) is 46.9 cm³/mol. The van der Waals surface area contributed by atoms with Crippen LogP contribution < -0.4 is 0 Å². The molecule has 0 aromatic carbocycles. The Morgan fingerprint density at radius 3 is 2.18 bits per heavy atom. The van der Waals surface area contributed by atoms with Gasteiger partial charge in [-0.3, -0.25) is 0 Å². The van der Waals surface area contributed by atoms with Gasteiger partial charge in [0.25, 0.3) is 0 Å². The first-order valence-corrected chi connectivity index (χ1v) is 4.28. The summed E-state index contributed by atoms with van der Waals surface area (Å²) in [6.45, 7) is 6.77. The van der Waals surface area contributed by atoms with E-state index in [9.17, 15) is 0 Å². The fourth-order valence-electron chi connectivity index (χ4n) is 2.42. The molecule has 11 heavy (non-hydrogen) atoms. The Morgan fingerprint density at radius 1 is 1.36 bits per heavy atom. The van der Waals surface area contributed by atoms with Gasteiger partial charge in [-0.15, -0.1) is 0 Å². The zero-order valence-corrected chi connectivity index (χ0v) is 7.49. The highest BCUT2D eigenvalue weighted by Gasteiger charge is 2.54. The molecule has 0 radical (unpaired) electrons. The SMILES string of the molecule is CC1(C)C2=CC(=N)C1(C)CC2. The summed E-state index contributed by atoms with van der Waals surface area (Å²) in [5.74, 6) is 0. The summed E-state index contributed by atoms with van der Waals surface area (Å²) in [6.07, 6.45) is 4.49. The van der Waals surface area contributed by atoms with Crippen molar-refractivity contribution in [2.45, 2.75) is 33.6 Å². The van der Waals surface area contributed by atoms with Gasteiger partial charge >= 0.3 is 0 Å². The molecule has 1 atom stereocenters. The van der Waals surface area contributed by atoms with E-state index in [1.165, 1.54) is 18.4 Å². The van der Waals surface area contributed by atoms with Gasteiger partial charge in [0.2, 0.25) is 0 Å². The van der Waals surface area contributed by atoms with Gasteiger partial charge < -0.3 is 5.41 Å². The van der Waals surface area contributed by atoms with Crippen molar-refractivity contribution in [3.63, 3.8) is 0 Å². The molecule has 1 nitrogen and oxygen atoms in total. The van der Waals surface area contributed by atoms with Crippen molar-refractivity contribution in [3.05, 3.63) is 11.6 Å². The van der Waals surface area contributed by atoms with E-state index in [0.717, 1.165) is 5.71 Å². The van der Waals surface area contributed by atoms with Gasteiger partial charge in [-0.05, 0) is 24.3 Å². The maximum absolute atomic E-state index is 7.81. The quantitative estimate of drug-likeness (QED) is 0.547. The van der Waals surface area contributed by atoms with E-state index in [2.05, 4.69) is 26.8 Å². The third-order valence-corrected chi connectivity index (χ3v) is 3.99. The average Bonchev–Trinajstić information content (AvgIpc) is 2.20. The second-order valence-electron chi connectivity index (χ2n) is 4.54. The zero-order chi connectivity index (χ0) is 8.28. The molecule has 0 heterocycles. The van der Waals surface area contributed by atoms with Crippen molar-refractivity contribution >= 4 is 5.71 Å².